The van der Waals surface area contributed by atoms with Crippen LogP contribution in [-0.2, 0) is 16.1 Å². The molecule has 6 nitrogen and oxygen atoms in total. The zero-order chi connectivity index (χ0) is 18.7. The summed E-state index contributed by atoms with van der Waals surface area (Å²) in [5.74, 6) is 0.726. The van der Waals surface area contributed by atoms with E-state index in [1.807, 2.05) is 6.07 Å². The second-order valence-corrected chi connectivity index (χ2v) is 6.64. The first kappa shape index (κ1) is 18.4. The number of benzene rings is 2. The average molecular weight is 395 g/mol. The molecule has 3 rings (SSSR count). The van der Waals surface area contributed by atoms with E-state index in [-0.39, 0.29) is 31.7 Å². The molecule has 0 bridgehead atoms. The standard InChI is InChI=1S/C18H16Cl2N2O4/c1-11(23)22(8-12-2-3-16-17(4-12)26-10-25-16)9-18(24)21-15-6-13(19)5-14(20)7-15/h2-7H,8-10H2,1H3,(H,21,24). The molecule has 0 aromatic heterocycles. The first-order valence-corrected chi connectivity index (χ1v) is 8.56. The maximum absolute atomic E-state index is 12.3. The minimum atomic E-state index is -0.348. The summed E-state index contributed by atoms with van der Waals surface area (Å²) >= 11 is 11.8. The molecule has 0 saturated heterocycles. The number of anilines is 1. The van der Waals surface area contributed by atoms with E-state index in [4.69, 9.17) is 32.7 Å². The molecule has 0 saturated carbocycles. The highest BCUT2D eigenvalue weighted by molar-refractivity contribution is 6.35. The molecule has 0 fully saturated rings. The van der Waals surface area contributed by atoms with Crippen LogP contribution in [0.25, 0.3) is 0 Å². The zero-order valence-electron chi connectivity index (χ0n) is 13.9. The summed E-state index contributed by atoms with van der Waals surface area (Å²) in [5.41, 5.74) is 1.31. The monoisotopic (exact) mass is 394 g/mol. The Kier molecular flexibility index (Phi) is 5.54. The molecule has 0 spiro atoms. The predicted octanol–water partition coefficient (Wildman–Crippen LogP) is 3.71. The Morgan fingerprint density at radius 3 is 2.46 bits per heavy atom. The zero-order valence-corrected chi connectivity index (χ0v) is 15.4. The van der Waals surface area contributed by atoms with Crippen molar-refractivity contribution >= 4 is 40.7 Å². The Balaban J connectivity index is 1.66. The van der Waals surface area contributed by atoms with E-state index < -0.39 is 0 Å². The minimum Gasteiger partial charge on any atom is -0.454 e. The Bertz CT molecular complexity index is 837. The fourth-order valence-electron chi connectivity index (χ4n) is 2.54. The molecule has 0 aliphatic carbocycles. The van der Waals surface area contributed by atoms with Crippen molar-refractivity contribution in [1.82, 2.24) is 4.90 Å². The number of amides is 2. The molecule has 2 aromatic carbocycles. The maximum Gasteiger partial charge on any atom is 0.244 e. The average Bonchev–Trinajstić information content (AvgIpc) is 3.00. The van der Waals surface area contributed by atoms with Gasteiger partial charge in [0.2, 0.25) is 18.6 Å². The number of hydrogen-bond donors (Lipinski definition) is 1. The lowest BCUT2D eigenvalue weighted by molar-refractivity contribution is -0.133. The number of hydrogen-bond acceptors (Lipinski definition) is 4. The van der Waals surface area contributed by atoms with Crippen LogP contribution in [0, 0.1) is 0 Å². The van der Waals surface area contributed by atoms with Gasteiger partial charge in [-0.15, -0.1) is 0 Å². The maximum atomic E-state index is 12.3. The van der Waals surface area contributed by atoms with Crippen molar-refractivity contribution in [3.05, 3.63) is 52.0 Å². The smallest absolute Gasteiger partial charge is 0.244 e. The number of halogens is 2. The van der Waals surface area contributed by atoms with Gasteiger partial charge in [-0.1, -0.05) is 29.3 Å². The number of nitrogens with one attached hydrogen (secondary N) is 1. The molecule has 1 heterocycles. The number of carbonyl (C=O) groups excluding carboxylic acids is 2. The SMILES string of the molecule is CC(=O)N(CC(=O)Nc1cc(Cl)cc(Cl)c1)Cc1ccc2c(c1)OCO2. The molecular weight excluding hydrogens is 379 g/mol. The van der Waals surface area contributed by atoms with Gasteiger partial charge in [0, 0.05) is 29.2 Å². The van der Waals surface area contributed by atoms with Crippen LogP contribution < -0.4 is 14.8 Å². The van der Waals surface area contributed by atoms with Gasteiger partial charge in [-0.2, -0.15) is 0 Å². The fourth-order valence-corrected chi connectivity index (χ4v) is 3.06. The minimum absolute atomic E-state index is 0.103. The summed E-state index contributed by atoms with van der Waals surface area (Å²) in [4.78, 5) is 25.6. The molecule has 0 atom stereocenters. The molecule has 0 radical (unpaired) electrons. The Morgan fingerprint density at radius 1 is 1.08 bits per heavy atom. The van der Waals surface area contributed by atoms with Gasteiger partial charge >= 0.3 is 0 Å². The van der Waals surface area contributed by atoms with Gasteiger partial charge < -0.3 is 19.7 Å². The van der Waals surface area contributed by atoms with Gasteiger partial charge in [-0.3, -0.25) is 9.59 Å². The van der Waals surface area contributed by atoms with E-state index in [0.717, 1.165) is 5.56 Å². The molecule has 1 aliphatic heterocycles. The van der Waals surface area contributed by atoms with Crippen LogP contribution in [-0.4, -0.2) is 30.1 Å². The first-order chi connectivity index (χ1) is 12.4. The Labute approximate surface area is 160 Å². The van der Waals surface area contributed by atoms with E-state index in [2.05, 4.69) is 5.32 Å². The molecular formula is C18H16Cl2N2O4. The second-order valence-electron chi connectivity index (χ2n) is 5.77. The number of nitrogens with zero attached hydrogens (tertiary/aromatic N) is 1. The molecule has 2 aromatic rings. The molecule has 1 N–H and O–H groups in total. The number of carbonyl (C=O) groups is 2. The Hall–Kier alpha value is -2.44. The lowest BCUT2D eigenvalue weighted by atomic mass is 10.2. The highest BCUT2D eigenvalue weighted by Gasteiger charge is 2.18. The number of ether oxygens (including phenoxy) is 2. The van der Waals surface area contributed by atoms with Gasteiger partial charge in [-0.05, 0) is 35.9 Å². The summed E-state index contributed by atoms with van der Waals surface area (Å²) in [6.45, 7) is 1.76. The van der Waals surface area contributed by atoms with E-state index in [1.54, 1.807) is 30.3 Å². The summed E-state index contributed by atoms with van der Waals surface area (Å²) in [6.07, 6.45) is 0. The van der Waals surface area contributed by atoms with Crippen LogP contribution in [0.2, 0.25) is 10.0 Å². The van der Waals surface area contributed by atoms with Crippen molar-refractivity contribution in [2.75, 3.05) is 18.7 Å². The van der Waals surface area contributed by atoms with Crippen molar-refractivity contribution in [2.24, 2.45) is 0 Å². The van der Waals surface area contributed by atoms with E-state index in [0.29, 0.717) is 27.2 Å². The molecule has 2 amide bonds. The highest BCUT2D eigenvalue weighted by atomic mass is 35.5. The van der Waals surface area contributed by atoms with Crippen molar-refractivity contribution in [3.63, 3.8) is 0 Å². The third kappa shape index (κ3) is 4.59. The number of fused-ring (bicyclic) bond motifs is 1. The molecule has 136 valence electrons. The largest absolute Gasteiger partial charge is 0.454 e. The lowest BCUT2D eigenvalue weighted by Crippen LogP contribution is -2.36. The quantitative estimate of drug-likeness (QED) is 0.838. The third-order valence-electron chi connectivity index (χ3n) is 3.74. The van der Waals surface area contributed by atoms with Crippen molar-refractivity contribution in [3.8, 4) is 11.5 Å². The van der Waals surface area contributed by atoms with Crippen LogP contribution in [0.4, 0.5) is 5.69 Å². The first-order valence-electron chi connectivity index (χ1n) is 7.81. The summed E-state index contributed by atoms with van der Waals surface area (Å²) in [7, 11) is 0. The predicted molar refractivity (Wildman–Crippen MR) is 98.7 cm³/mol. The van der Waals surface area contributed by atoms with Gasteiger partial charge in [-0.25, -0.2) is 0 Å². The van der Waals surface area contributed by atoms with Gasteiger partial charge in [0.05, 0.1) is 0 Å². The van der Waals surface area contributed by atoms with Crippen molar-refractivity contribution in [1.29, 1.82) is 0 Å². The number of rotatable bonds is 5. The third-order valence-corrected chi connectivity index (χ3v) is 4.17. The molecule has 0 unspecified atom stereocenters. The van der Waals surface area contributed by atoms with Gasteiger partial charge in [0.1, 0.15) is 6.54 Å². The van der Waals surface area contributed by atoms with Crippen molar-refractivity contribution in [2.45, 2.75) is 13.5 Å². The topological polar surface area (TPSA) is 67.9 Å². The van der Waals surface area contributed by atoms with Gasteiger partial charge in [0.15, 0.2) is 11.5 Å². The van der Waals surface area contributed by atoms with Crippen LogP contribution in [0.5, 0.6) is 11.5 Å². The summed E-state index contributed by atoms with van der Waals surface area (Å²) < 4.78 is 10.6. The van der Waals surface area contributed by atoms with Crippen LogP contribution in [0.3, 0.4) is 0 Å². The van der Waals surface area contributed by atoms with Crippen LogP contribution >= 0.6 is 23.2 Å². The van der Waals surface area contributed by atoms with E-state index >= 15 is 0 Å². The lowest BCUT2D eigenvalue weighted by Gasteiger charge is -2.21. The fraction of sp³-hybridized carbons (Fsp3) is 0.222. The second kappa shape index (κ2) is 7.85. The van der Waals surface area contributed by atoms with Crippen LogP contribution in [0.15, 0.2) is 36.4 Å². The van der Waals surface area contributed by atoms with Gasteiger partial charge in [0.25, 0.3) is 0 Å². The molecule has 8 heteroatoms. The van der Waals surface area contributed by atoms with Crippen molar-refractivity contribution < 1.29 is 19.1 Å². The normalized spacial score (nSPS) is 12.0. The summed E-state index contributed by atoms with van der Waals surface area (Å²) in [6, 6.07) is 10.2. The molecule has 1 aliphatic rings. The molecule has 26 heavy (non-hydrogen) atoms. The Morgan fingerprint density at radius 2 is 1.77 bits per heavy atom. The summed E-state index contributed by atoms with van der Waals surface area (Å²) in [5, 5.41) is 3.52. The van der Waals surface area contributed by atoms with Crippen LogP contribution in [0.1, 0.15) is 12.5 Å². The van der Waals surface area contributed by atoms with E-state index in [9.17, 15) is 9.59 Å². The highest BCUT2D eigenvalue weighted by Crippen LogP contribution is 2.32. The van der Waals surface area contributed by atoms with E-state index in [1.165, 1.54) is 11.8 Å².